The maximum absolute atomic E-state index is 10.9. The molecule has 0 bridgehead atoms. The average molecular weight is 110 g/mol. The van der Waals surface area contributed by atoms with Crippen molar-refractivity contribution in [1.29, 1.82) is 0 Å². The highest BCUT2D eigenvalue weighted by Gasteiger charge is 1.98. The Morgan fingerprint density at radius 1 is 1.67 bits per heavy atom. The molecule has 0 aliphatic heterocycles. The fourth-order valence-electron chi connectivity index (χ4n) is 0.0690. The van der Waals surface area contributed by atoms with E-state index in [0.29, 0.717) is 0 Å². The van der Waals surface area contributed by atoms with Crippen molar-refractivity contribution in [3.05, 3.63) is 0 Å². The molecule has 1 nitrogen and oxygen atoms in total. The standard InChI is InChI=1S/C2H4F2OSi/c3-2(4)1-6-5/h2,5H,1H2. The Morgan fingerprint density at radius 3 is 2.17 bits per heavy atom. The second-order valence-corrected chi connectivity index (χ2v) is 1.48. The lowest BCUT2D eigenvalue weighted by Crippen LogP contribution is -1.94. The van der Waals surface area contributed by atoms with Crippen LogP contribution in [0.25, 0.3) is 0 Å². The number of hydrogen-bond acceptors (Lipinski definition) is 1. The number of halogens is 2. The zero-order valence-corrected chi connectivity index (χ0v) is 3.99. The van der Waals surface area contributed by atoms with Gasteiger partial charge in [-0.3, -0.25) is 0 Å². The van der Waals surface area contributed by atoms with E-state index in [0.717, 1.165) is 0 Å². The van der Waals surface area contributed by atoms with Gasteiger partial charge in [0.1, 0.15) is 0 Å². The van der Waals surface area contributed by atoms with Crippen LogP contribution in [0.5, 0.6) is 0 Å². The molecule has 0 aliphatic carbocycles. The van der Waals surface area contributed by atoms with Gasteiger partial charge in [-0.25, -0.2) is 8.78 Å². The molecule has 36 valence electrons. The van der Waals surface area contributed by atoms with E-state index < -0.39 is 16.2 Å². The molecule has 0 atom stereocenters. The van der Waals surface area contributed by atoms with E-state index in [2.05, 4.69) is 0 Å². The van der Waals surface area contributed by atoms with Crippen LogP contribution in [-0.2, 0) is 0 Å². The molecule has 0 aliphatic rings. The molecule has 2 radical (unpaired) electrons. The summed E-state index contributed by atoms with van der Waals surface area (Å²) >= 11 is 0. The lowest BCUT2D eigenvalue weighted by Gasteiger charge is -1.85. The minimum absolute atomic E-state index is 0.375. The molecule has 0 aromatic heterocycles. The highest BCUT2D eigenvalue weighted by Crippen LogP contribution is 1.95. The lowest BCUT2D eigenvalue weighted by molar-refractivity contribution is 0.168. The Bertz CT molecular complexity index is 32.7. The highest BCUT2D eigenvalue weighted by molar-refractivity contribution is 6.25. The predicted molar refractivity (Wildman–Crippen MR) is 18.8 cm³/mol. The van der Waals surface area contributed by atoms with Crippen LogP contribution in [0.4, 0.5) is 8.78 Å². The topological polar surface area (TPSA) is 20.2 Å². The van der Waals surface area contributed by atoms with Crippen molar-refractivity contribution >= 4 is 9.76 Å². The third-order valence-corrected chi connectivity index (χ3v) is 0.737. The molecule has 0 amide bonds. The van der Waals surface area contributed by atoms with Crippen molar-refractivity contribution < 1.29 is 13.6 Å². The van der Waals surface area contributed by atoms with Gasteiger partial charge >= 0.3 is 0 Å². The summed E-state index contributed by atoms with van der Waals surface area (Å²) in [6.07, 6.45) is -2.34. The highest BCUT2D eigenvalue weighted by atomic mass is 28.2. The first-order valence-corrected chi connectivity index (χ1v) is 2.58. The smallest absolute Gasteiger partial charge is 0.238 e. The molecule has 0 saturated carbocycles. The lowest BCUT2D eigenvalue weighted by atomic mass is 10.9. The van der Waals surface area contributed by atoms with Gasteiger partial charge in [-0.05, 0) is 0 Å². The maximum atomic E-state index is 10.9. The molecule has 0 aromatic carbocycles. The van der Waals surface area contributed by atoms with Crippen molar-refractivity contribution in [3.8, 4) is 0 Å². The van der Waals surface area contributed by atoms with Crippen LogP contribution in [0.15, 0.2) is 0 Å². The average Bonchev–Trinajstić information content (AvgIpc) is 1.35. The fraction of sp³-hybridized carbons (Fsp3) is 1.00. The molecule has 0 rings (SSSR count). The van der Waals surface area contributed by atoms with E-state index in [1.807, 2.05) is 0 Å². The van der Waals surface area contributed by atoms with Crippen molar-refractivity contribution in [3.63, 3.8) is 0 Å². The van der Waals surface area contributed by atoms with Crippen molar-refractivity contribution in [1.82, 2.24) is 0 Å². The molecule has 4 heteroatoms. The second-order valence-electron chi connectivity index (χ2n) is 0.753. The van der Waals surface area contributed by atoms with Gasteiger partial charge < -0.3 is 4.80 Å². The van der Waals surface area contributed by atoms with Gasteiger partial charge in [0.05, 0.1) is 0 Å². The van der Waals surface area contributed by atoms with Crippen LogP contribution < -0.4 is 0 Å². The van der Waals surface area contributed by atoms with Crippen LogP contribution in [-0.4, -0.2) is 21.0 Å². The SMILES string of the molecule is O[Si]CC(F)F. The number of alkyl halides is 2. The van der Waals surface area contributed by atoms with Crippen molar-refractivity contribution in [2.45, 2.75) is 12.5 Å². The van der Waals surface area contributed by atoms with Crippen LogP contribution in [0.1, 0.15) is 0 Å². The quantitative estimate of drug-likeness (QED) is 0.506. The van der Waals surface area contributed by atoms with Crippen LogP contribution in [0.3, 0.4) is 0 Å². The van der Waals surface area contributed by atoms with E-state index >= 15 is 0 Å². The summed E-state index contributed by atoms with van der Waals surface area (Å²) in [5, 5.41) is 0. The van der Waals surface area contributed by atoms with Gasteiger partial charge in [-0.2, -0.15) is 0 Å². The van der Waals surface area contributed by atoms with Crippen LogP contribution >= 0.6 is 0 Å². The normalized spacial score (nSPS) is 10.0. The zero-order valence-electron chi connectivity index (χ0n) is 2.99. The van der Waals surface area contributed by atoms with E-state index in [-0.39, 0.29) is 6.04 Å². The first-order valence-electron chi connectivity index (χ1n) is 1.42. The van der Waals surface area contributed by atoms with Crippen LogP contribution in [0.2, 0.25) is 6.04 Å². The third kappa shape index (κ3) is 4.04. The summed E-state index contributed by atoms with van der Waals surface area (Å²) < 4.78 is 21.8. The number of rotatable bonds is 2. The first-order chi connectivity index (χ1) is 2.77. The van der Waals surface area contributed by atoms with Gasteiger partial charge in [0, 0.05) is 6.04 Å². The van der Waals surface area contributed by atoms with E-state index in [1.165, 1.54) is 0 Å². The summed E-state index contributed by atoms with van der Waals surface area (Å²) in [5.74, 6) is 0. The van der Waals surface area contributed by atoms with Crippen molar-refractivity contribution in [2.24, 2.45) is 0 Å². The first kappa shape index (κ1) is 6.04. The molecule has 0 unspecified atom stereocenters. The summed E-state index contributed by atoms with van der Waals surface area (Å²) in [4.78, 5) is 7.78. The Hall–Kier alpha value is 0.0369. The molecule has 0 heterocycles. The number of hydrogen-bond donors (Lipinski definition) is 1. The summed E-state index contributed by atoms with van der Waals surface area (Å²) in [6, 6.07) is -0.375. The molecule has 0 spiro atoms. The monoisotopic (exact) mass is 110 g/mol. The minimum Gasteiger partial charge on any atom is -0.431 e. The van der Waals surface area contributed by atoms with Gasteiger partial charge in [0.2, 0.25) is 16.2 Å². The molecule has 6 heavy (non-hydrogen) atoms. The Kier molecular flexibility index (Phi) is 3.26. The Balaban J connectivity index is 2.63. The van der Waals surface area contributed by atoms with Crippen molar-refractivity contribution in [2.75, 3.05) is 0 Å². The molecular formula is C2H4F2OSi. The van der Waals surface area contributed by atoms with E-state index in [1.54, 1.807) is 0 Å². The van der Waals surface area contributed by atoms with Gasteiger partial charge in [0.25, 0.3) is 0 Å². The molecule has 0 fully saturated rings. The Labute approximate surface area is 36.9 Å². The summed E-state index contributed by atoms with van der Waals surface area (Å²) in [7, 11) is -0.612. The fourth-order valence-corrected chi connectivity index (χ4v) is 0.207. The summed E-state index contributed by atoms with van der Waals surface area (Å²) in [6.45, 7) is 0. The zero-order chi connectivity index (χ0) is 4.99. The third-order valence-electron chi connectivity index (χ3n) is 0.246. The second kappa shape index (κ2) is 3.24. The van der Waals surface area contributed by atoms with E-state index in [4.69, 9.17) is 4.80 Å². The van der Waals surface area contributed by atoms with Gasteiger partial charge in [0.15, 0.2) is 0 Å². The van der Waals surface area contributed by atoms with Gasteiger partial charge in [-0.15, -0.1) is 0 Å². The molecule has 0 saturated heterocycles. The van der Waals surface area contributed by atoms with E-state index in [9.17, 15) is 8.78 Å². The molecular weight excluding hydrogens is 106 g/mol. The molecule has 0 aromatic rings. The Morgan fingerprint density at radius 2 is 2.17 bits per heavy atom. The van der Waals surface area contributed by atoms with Gasteiger partial charge in [-0.1, -0.05) is 0 Å². The minimum atomic E-state index is -2.34. The maximum Gasteiger partial charge on any atom is 0.238 e. The van der Waals surface area contributed by atoms with Crippen LogP contribution in [0, 0.1) is 0 Å². The predicted octanol–water partition coefficient (Wildman–Crippen LogP) is 0.281. The molecule has 1 N–H and O–H groups in total. The largest absolute Gasteiger partial charge is 0.431 e. The summed E-state index contributed by atoms with van der Waals surface area (Å²) in [5.41, 5.74) is 0.